The molecule has 20 heavy (non-hydrogen) atoms. The summed E-state index contributed by atoms with van der Waals surface area (Å²) < 4.78 is 5.58. The summed E-state index contributed by atoms with van der Waals surface area (Å²) in [4.78, 5) is 0. The number of fused-ring (bicyclic) bond motifs is 1. The maximum absolute atomic E-state index is 10.3. The summed E-state index contributed by atoms with van der Waals surface area (Å²) in [6.07, 6.45) is 4.93. The molecule has 0 heterocycles. The van der Waals surface area contributed by atoms with E-state index in [2.05, 4.69) is 19.2 Å². The molecule has 2 aliphatic carbocycles. The molecule has 0 spiro atoms. The molecule has 1 saturated carbocycles. The topological polar surface area (TPSA) is 41.5 Å². The Bertz CT molecular complexity index is 500. The fourth-order valence-electron chi connectivity index (χ4n) is 4.15. The van der Waals surface area contributed by atoms with Crippen LogP contribution in [-0.2, 0) is 4.74 Å². The molecular formula is C17H25NO2. The number of aryl methyl sites for hydroxylation is 1. The van der Waals surface area contributed by atoms with Crippen LogP contribution in [0, 0.1) is 6.92 Å². The van der Waals surface area contributed by atoms with Gasteiger partial charge in [-0.1, -0.05) is 13.0 Å². The second-order valence-electron chi connectivity index (χ2n) is 6.40. The molecule has 0 saturated heterocycles. The summed E-state index contributed by atoms with van der Waals surface area (Å²) in [7, 11) is 1.80. The van der Waals surface area contributed by atoms with Crippen LogP contribution in [0.25, 0.3) is 0 Å². The highest BCUT2D eigenvalue weighted by atomic mass is 16.5. The van der Waals surface area contributed by atoms with Gasteiger partial charge in [-0.25, -0.2) is 0 Å². The average Bonchev–Trinajstić information content (AvgIpc) is 3.00. The third-order valence-electron chi connectivity index (χ3n) is 5.08. The second kappa shape index (κ2) is 5.38. The molecule has 2 aliphatic rings. The zero-order valence-electron chi connectivity index (χ0n) is 12.6. The second-order valence-corrected chi connectivity index (χ2v) is 6.40. The minimum absolute atomic E-state index is 0.264. The van der Waals surface area contributed by atoms with Crippen LogP contribution >= 0.6 is 0 Å². The van der Waals surface area contributed by atoms with Gasteiger partial charge in [0.25, 0.3) is 0 Å². The zero-order chi connectivity index (χ0) is 14.3. The number of phenols is 1. The van der Waals surface area contributed by atoms with Gasteiger partial charge in [-0.3, -0.25) is 0 Å². The molecule has 0 bridgehead atoms. The first kappa shape index (κ1) is 13.9. The van der Waals surface area contributed by atoms with Gasteiger partial charge in [-0.2, -0.15) is 0 Å². The quantitative estimate of drug-likeness (QED) is 0.888. The number of rotatable bonds is 3. The van der Waals surface area contributed by atoms with Crippen molar-refractivity contribution in [2.45, 2.75) is 63.6 Å². The molecule has 3 rings (SSSR count). The normalized spacial score (nSPS) is 32.5. The first-order chi connectivity index (χ1) is 9.61. The molecule has 3 nitrogen and oxygen atoms in total. The van der Waals surface area contributed by atoms with E-state index in [0.29, 0.717) is 23.8 Å². The molecular weight excluding hydrogens is 250 g/mol. The predicted molar refractivity (Wildman–Crippen MR) is 80.2 cm³/mol. The SMILES string of the molecule is COC1CCCC1NC1CC(C)c2c(C)ccc(O)c21. The van der Waals surface area contributed by atoms with Gasteiger partial charge in [0.05, 0.1) is 6.10 Å². The van der Waals surface area contributed by atoms with Gasteiger partial charge in [-0.15, -0.1) is 0 Å². The lowest BCUT2D eigenvalue weighted by atomic mass is 9.97. The lowest BCUT2D eigenvalue weighted by molar-refractivity contribution is 0.0809. The van der Waals surface area contributed by atoms with Crippen molar-refractivity contribution in [1.29, 1.82) is 0 Å². The first-order valence-corrected chi connectivity index (χ1v) is 7.73. The number of hydrogen-bond acceptors (Lipinski definition) is 3. The van der Waals surface area contributed by atoms with Gasteiger partial charge in [0.15, 0.2) is 0 Å². The Labute approximate surface area is 121 Å². The first-order valence-electron chi connectivity index (χ1n) is 7.73. The van der Waals surface area contributed by atoms with Crippen LogP contribution in [0.3, 0.4) is 0 Å². The third kappa shape index (κ3) is 2.23. The van der Waals surface area contributed by atoms with E-state index in [1.54, 1.807) is 7.11 Å². The van der Waals surface area contributed by atoms with Crippen LogP contribution < -0.4 is 5.32 Å². The Morgan fingerprint density at radius 2 is 2.05 bits per heavy atom. The standard InChI is InChI=1S/C17H25NO2/c1-10-7-8-14(19)17-13(9-11(2)16(10)17)18-12-5-4-6-15(12)20-3/h7-8,11-13,15,18-19H,4-6,9H2,1-3H3. The van der Waals surface area contributed by atoms with Crippen LogP contribution in [0.4, 0.5) is 0 Å². The lowest BCUT2D eigenvalue weighted by Crippen LogP contribution is -2.38. The van der Waals surface area contributed by atoms with Gasteiger partial charge >= 0.3 is 0 Å². The summed E-state index contributed by atoms with van der Waals surface area (Å²) in [6, 6.07) is 4.55. The van der Waals surface area contributed by atoms with Gasteiger partial charge in [-0.05, 0) is 55.7 Å². The number of hydrogen-bond donors (Lipinski definition) is 2. The van der Waals surface area contributed by atoms with Crippen molar-refractivity contribution in [3.05, 3.63) is 28.8 Å². The van der Waals surface area contributed by atoms with E-state index in [1.165, 1.54) is 24.0 Å². The number of aromatic hydroxyl groups is 1. The van der Waals surface area contributed by atoms with E-state index in [0.717, 1.165) is 18.4 Å². The van der Waals surface area contributed by atoms with Crippen molar-refractivity contribution >= 4 is 0 Å². The van der Waals surface area contributed by atoms with Gasteiger partial charge in [0.1, 0.15) is 5.75 Å². The van der Waals surface area contributed by atoms with Crippen molar-refractivity contribution in [3.8, 4) is 5.75 Å². The molecule has 1 aromatic carbocycles. The summed E-state index contributed by atoms with van der Waals surface area (Å²) in [6.45, 7) is 4.40. The van der Waals surface area contributed by atoms with Crippen LogP contribution in [0.5, 0.6) is 5.75 Å². The Morgan fingerprint density at radius 3 is 2.80 bits per heavy atom. The fourth-order valence-corrected chi connectivity index (χ4v) is 4.15. The number of phenolic OH excluding ortho intramolecular Hbond substituents is 1. The summed E-state index contributed by atoms with van der Waals surface area (Å²) in [5.41, 5.74) is 3.76. The third-order valence-corrected chi connectivity index (χ3v) is 5.08. The molecule has 0 aliphatic heterocycles. The maximum atomic E-state index is 10.3. The maximum Gasteiger partial charge on any atom is 0.120 e. The molecule has 1 aromatic rings. The number of methoxy groups -OCH3 is 1. The minimum Gasteiger partial charge on any atom is -0.508 e. The molecule has 0 amide bonds. The van der Waals surface area contributed by atoms with Crippen molar-refractivity contribution in [2.75, 3.05) is 7.11 Å². The van der Waals surface area contributed by atoms with E-state index < -0.39 is 0 Å². The van der Waals surface area contributed by atoms with E-state index in [9.17, 15) is 5.11 Å². The highest BCUT2D eigenvalue weighted by Gasteiger charge is 2.36. The summed E-state index contributed by atoms with van der Waals surface area (Å²) >= 11 is 0. The number of benzene rings is 1. The zero-order valence-corrected chi connectivity index (χ0v) is 12.6. The Hall–Kier alpha value is -1.06. The summed E-state index contributed by atoms with van der Waals surface area (Å²) in [5, 5.41) is 14.0. The highest BCUT2D eigenvalue weighted by molar-refractivity contribution is 5.51. The van der Waals surface area contributed by atoms with Crippen molar-refractivity contribution in [2.24, 2.45) is 0 Å². The average molecular weight is 275 g/mol. The molecule has 3 heteroatoms. The molecule has 110 valence electrons. The van der Waals surface area contributed by atoms with Gasteiger partial charge in [0.2, 0.25) is 0 Å². The molecule has 4 unspecified atom stereocenters. The molecule has 0 radical (unpaired) electrons. The van der Waals surface area contributed by atoms with Crippen LogP contribution in [0.2, 0.25) is 0 Å². The Kier molecular flexibility index (Phi) is 3.74. The van der Waals surface area contributed by atoms with Gasteiger partial charge < -0.3 is 15.2 Å². The van der Waals surface area contributed by atoms with E-state index in [4.69, 9.17) is 4.74 Å². The van der Waals surface area contributed by atoms with E-state index >= 15 is 0 Å². The van der Waals surface area contributed by atoms with Crippen molar-refractivity contribution in [1.82, 2.24) is 5.32 Å². The monoisotopic (exact) mass is 275 g/mol. The van der Waals surface area contributed by atoms with Crippen molar-refractivity contribution in [3.63, 3.8) is 0 Å². The molecule has 1 fully saturated rings. The fraction of sp³-hybridized carbons (Fsp3) is 0.647. The van der Waals surface area contributed by atoms with E-state index in [-0.39, 0.29) is 6.04 Å². The Balaban J connectivity index is 1.86. The lowest BCUT2D eigenvalue weighted by Gasteiger charge is -2.25. The van der Waals surface area contributed by atoms with Crippen molar-refractivity contribution < 1.29 is 9.84 Å². The van der Waals surface area contributed by atoms with Gasteiger partial charge in [0, 0.05) is 24.8 Å². The van der Waals surface area contributed by atoms with Crippen LogP contribution in [-0.4, -0.2) is 24.4 Å². The van der Waals surface area contributed by atoms with Crippen LogP contribution in [0.15, 0.2) is 12.1 Å². The van der Waals surface area contributed by atoms with Crippen LogP contribution in [0.1, 0.15) is 61.3 Å². The smallest absolute Gasteiger partial charge is 0.120 e. The number of ether oxygens (including phenoxy) is 1. The number of nitrogens with one attached hydrogen (secondary N) is 1. The Morgan fingerprint density at radius 1 is 1.25 bits per heavy atom. The van der Waals surface area contributed by atoms with E-state index in [1.807, 2.05) is 12.1 Å². The molecule has 2 N–H and O–H groups in total. The molecule has 4 atom stereocenters. The largest absolute Gasteiger partial charge is 0.508 e. The predicted octanol–water partition coefficient (Wildman–Crippen LogP) is 3.41. The minimum atomic E-state index is 0.264. The molecule has 0 aromatic heterocycles. The highest BCUT2D eigenvalue weighted by Crippen LogP contribution is 2.46. The summed E-state index contributed by atoms with van der Waals surface area (Å²) in [5.74, 6) is 0.955.